The van der Waals surface area contributed by atoms with Crippen LogP contribution in [0.4, 0.5) is 11.6 Å². The number of nitrogens with two attached hydrogens (primary N) is 1. The van der Waals surface area contributed by atoms with Gasteiger partial charge in [-0.15, -0.1) is 0 Å². The van der Waals surface area contributed by atoms with E-state index in [9.17, 15) is 8.42 Å². The molecule has 1 aliphatic heterocycles. The first-order chi connectivity index (χ1) is 9.89. The normalized spacial score (nSPS) is 21.5. The molecule has 2 N–H and O–H groups in total. The van der Waals surface area contributed by atoms with Crippen molar-refractivity contribution in [3.05, 3.63) is 0 Å². The Labute approximate surface area is 126 Å². The fourth-order valence-electron chi connectivity index (χ4n) is 3.18. The molecule has 0 bridgehead atoms. The Kier molecular flexibility index (Phi) is 3.63. The molecule has 2 aliphatic rings. The lowest BCUT2D eigenvalue weighted by Gasteiger charge is -2.27. The quantitative estimate of drug-likeness (QED) is 0.917. The van der Waals surface area contributed by atoms with E-state index in [2.05, 4.69) is 16.9 Å². The van der Waals surface area contributed by atoms with E-state index in [4.69, 9.17) is 5.73 Å². The van der Waals surface area contributed by atoms with Gasteiger partial charge < -0.3 is 10.6 Å². The Balaban J connectivity index is 2.06. The summed E-state index contributed by atoms with van der Waals surface area (Å²) in [5.74, 6) is 1.44. The largest absolute Gasteiger partial charge is 0.383 e. The standard InChI is InChI=1S/C14H24N4O2S/c1-10(11-6-7-11)18-13(15)12(21(2,19)20)14(16-18)17-8-4-3-5-9-17/h10-11H,3-9,15H2,1-2H3. The lowest BCUT2D eigenvalue weighted by Crippen LogP contribution is -2.31. The van der Waals surface area contributed by atoms with Crippen LogP contribution in [0.3, 0.4) is 0 Å². The maximum atomic E-state index is 12.2. The van der Waals surface area contributed by atoms with Crippen LogP contribution in [-0.2, 0) is 9.84 Å². The van der Waals surface area contributed by atoms with Crippen molar-refractivity contribution in [3.8, 4) is 0 Å². The Hall–Kier alpha value is -1.24. The average molecular weight is 312 g/mol. The number of nitrogen functional groups attached to an aromatic ring is 1. The van der Waals surface area contributed by atoms with Gasteiger partial charge in [-0.3, -0.25) is 0 Å². The number of rotatable bonds is 4. The zero-order valence-electron chi connectivity index (χ0n) is 12.7. The number of hydrogen-bond donors (Lipinski definition) is 1. The maximum absolute atomic E-state index is 12.2. The second kappa shape index (κ2) is 5.19. The third-order valence-electron chi connectivity index (χ3n) is 4.60. The molecular formula is C14H24N4O2S. The first-order valence-corrected chi connectivity index (χ1v) is 9.61. The highest BCUT2D eigenvalue weighted by atomic mass is 32.2. The Bertz CT molecular complexity index is 628. The molecule has 0 aromatic carbocycles. The van der Waals surface area contributed by atoms with Crippen molar-refractivity contribution in [2.45, 2.75) is 50.0 Å². The van der Waals surface area contributed by atoms with Crippen LogP contribution < -0.4 is 10.6 Å². The molecule has 1 aliphatic carbocycles. The summed E-state index contributed by atoms with van der Waals surface area (Å²) in [7, 11) is -3.38. The lowest BCUT2D eigenvalue weighted by molar-refractivity contribution is 0.444. The van der Waals surface area contributed by atoms with E-state index >= 15 is 0 Å². The van der Waals surface area contributed by atoms with Crippen molar-refractivity contribution in [1.29, 1.82) is 0 Å². The first kappa shape index (κ1) is 14.7. The minimum atomic E-state index is -3.38. The molecule has 0 radical (unpaired) electrons. The Morgan fingerprint density at radius 1 is 1.24 bits per heavy atom. The zero-order chi connectivity index (χ0) is 15.2. The Morgan fingerprint density at radius 2 is 1.86 bits per heavy atom. The van der Waals surface area contributed by atoms with E-state index < -0.39 is 9.84 Å². The van der Waals surface area contributed by atoms with Gasteiger partial charge in [0.1, 0.15) is 5.82 Å². The number of hydrogen-bond acceptors (Lipinski definition) is 5. The molecule has 6 nitrogen and oxygen atoms in total. The predicted molar refractivity (Wildman–Crippen MR) is 83.2 cm³/mol. The van der Waals surface area contributed by atoms with Gasteiger partial charge in [0.2, 0.25) is 0 Å². The topological polar surface area (TPSA) is 81.2 Å². The van der Waals surface area contributed by atoms with E-state index in [1.165, 1.54) is 25.5 Å². The van der Waals surface area contributed by atoms with Crippen LogP contribution >= 0.6 is 0 Å². The van der Waals surface area contributed by atoms with Gasteiger partial charge >= 0.3 is 0 Å². The molecule has 0 spiro atoms. The third kappa shape index (κ3) is 2.75. The van der Waals surface area contributed by atoms with Crippen molar-refractivity contribution < 1.29 is 8.42 Å². The van der Waals surface area contributed by atoms with Crippen LogP contribution in [0.15, 0.2) is 4.90 Å². The molecule has 118 valence electrons. The molecule has 1 unspecified atom stereocenters. The number of piperidine rings is 1. The highest BCUT2D eigenvalue weighted by Crippen LogP contribution is 2.42. The molecule has 1 saturated heterocycles. The van der Waals surface area contributed by atoms with Crippen molar-refractivity contribution >= 4 is 21.5 Å². The van der Waals surface area contributed by atoms with Crippen LogP contribution in [-0.4, -0.2) is 37.5 Å². The average Bonchev–Trinajstić information content (AvgIpc) is 3.21. The second-order valence-corrected chi connectivity index (χ2v) is 8.33. The fourth-order valence-corrected chi connectivity index (χ4v) is 4.15. The molecule has 7 heteroatoms. The van der Waals surface area contributed by atoms with Crippen molar-refractivity contribution in [2.75, 3.05) is 30.0 Å². The Morgan fingerprint density at radius 3 is 2.38 bits per heavy atom. The number of nitrogens with zero attached hydrogens (tertiary/aromatic N) is 3. The second-order valence-electron chi connectivity index (χ2n) is 6.38. The van der Waals surface area contributed by atoms with Gasteiger partial charge in [0.05, 0.1) is 6.04 Å². The minimum Gasteiger partial charge on any atom is -0.383 e. The predicted octanol–water partition coefficient (Wildman–Crippen LogP) is 1.83. The van der Waals surface area contributed by atoms with Crippen LogP contribution in [0.25, 0.3) is 0 Å². The van der Waals surface area contributed by atoms with E-state index in [-0.39, 0.29) is 10.9 Å². The molecule has 1 aromatic heterocycles. The molecule has 3 rings (SSSR count). The highest BCUT2D eigenvalue weighted by Gasteiger charge is 2.35. The molecule has 21 heavy (non-hydrogen) atoms. The molecule has 1 atom stereocenters. The summed E-state index contributed by atoms with van der Waals surface area (Å²) in [6.07, 6.45) is 6.92. The summed E-state index contributed by atoms with van der Waals surface area (Å²) in [5, 5.41) is 4.60. The smallest absolute Gasteiger partial charge is 0.182 e. The van der Waals surface area contributed by atoms with Gasteiger partial charge in [-0.05, 0) is 44.9 Å². The van der Waals surface area contributed by atoms with Gasteiger partial charge in [-0.1, -0.05) is 0 Å². The summed E-state index contributed by atoms with van der Waals surface area (Å²) in [5.41, 5.74) is 6.16. The number of aromatic nitrogens is 2. The lowest BCUT2D eigenvalue weighted by atomic mass is 10.1. The van der Waals surface area contributed by atoms with E-state index in [1.807, 2.05) is 0 Å². The third-order valence-corrected chi connectivity index (χ3v) is 5.73. The van der Waals surface area contributed by atoms with Crippen LogP contribution in [0.5, 0.6) is 0 Å². The molecule has 1 saturated carbocycles. The van der Waals surface area contributed by atoms with Gasteiger partial charge in [0.15, 0.2) is 20.6 Å². The van der Waals surface area contributed by atoms with Gasteiger partial charge in [-0.25, -0.2) is 13.1 Å². The number of sulfone groups is 1. The monoisotopic (exact) mass is 312 g/mol. The van der Waals surface area contributed by atoms with E-state index in [0.717, 1.165) is 25.9 Å². The van der Waals surface area contributed by atoms with Gasteiger partial charge in [0.25, 0.3) is 0 Å². The van der Waals surface area contributed by atoms with Crippen LogP contribution in [0.1, 0.15) is 45.1 Å². The molecular weight excluding hydrogens is 288 g/mol. The van der Waals surface area contributed by atoms with Crippen LogP contribution in [0, 0.1) is 5.92 Å². The summed E-state index contributed by atoms with van der Waals surface area (Å²) < 4.78 is 26.1. The molecule has 0 amide bonds. The van der Waals surface area contributed by atoms with Crippen molar-refractivity contribution in [2.24, 2.45) is 5.92 Å². The molecule has 1 aromatic rings. The minimum absolute atomic E-state index is 0.170. The zero-order valence-corrected chi connectivity index (χ0v) is 13.6. The van der Waals surface area contributed by atoms with Crippen molar-refractivity contribution in [1.82, 2.24) is 9.78 Å². The maximum Gasteiger partial charge on any atom is 0.182 e. The van der Waals surface area contributed by atoms with Gasteiger partial charge in [-0.2, -0.15) is 5.10 Å². The molecule has 2 heterocycles. The van der Waals surface area contributed by atoms with Crippen molar-refractivity contribution in [3.63, 3.8) is 0 Å². The molecule has 2 fully saturated rings. The summed E-state index contributed by atoms with van der Waals surface area (Å²) in [6, 6.07) is 0.170. The summed E-state index contributed by atoms with van der Waals surface area (Å²) in [4.78, 5) is 2.30. The van der Waals surface area contributed by atoms with E-state index in [0.29, 0.717) is 17.6 Å². The first-order valence-electron chi connectivity index (χ1n) is 7.72. The highest BCUT2D eigenvalue weighted by molar-refractivity contribution is 7.91. The van der Waals surface area contributed by atoms with E-state index in [1.54, 1.807) is 4.68 Å². The SMILES string of the molecule is CC(C1CC1)n1nc(N2CCCCC2)c(S(C)(=O)=O)c1N. The number of anilines is 2. The van der Waals surface area contributed by atoms with Crippen LogP contribution in [0.2, 0.25) is 0 Å². The summed E-state index contributed by atoms with van der Waals surface area (Å²) >= 11 is 0. The fraction of sp³-hybridized carbons (Fsp3) is 0.786. The van der Waals surface area contributed by atoms with Gasteiger partial charge in [0, 0.05) is 19.3 Å². The summed E-state index contributed by atoms with van der Waals surface area (Å²) in [6.45, 7) is 3.79.